The fourth-order valence-electron chi connectivity index (χ4n) is 3.47. The smallest absolute Gasteiger partial charge is 0.231 e. The summed E-state index contributed by atoms with van der Waals surface area (Å²) in [5.41, 5.74) is 5.44. The first-order valence-electron chi connectivity index (χ1n) is 10.2. The Balaban J connectivity index is 0.00000272. The van der Waals surface area contributed by atoms with E-state index in [9.17, 15) is 0 Å². The summed E-state index contributed by atoms with van der Waals surface area (Å²) in [6.45, 7) is 8.46. The lowest BCUT2D eigenvalue weighted by atomic mass is 10.2. The molecule has 1 aliphatic rings. The Bertz CT molecular complexity index is 1050. The van der Waals surface area contributed by atoms with Gasteiger partial charge in [0.25, 0.3) is 0 Å². The number of nitrogens with one attached hydrogen (secondary N) is 2. The molecule has 0 saturated heterocycles. The van der Waals surface area contributed by atoms with Gasteiger partial charge in [0.15, 0.2) is 17.5 Å². The Hall–Kier alpha value is -2.75. The van der Waals surface area contributed by atoms with Crippen molar-refractivity contribution < 1.29 is 9.47 Å². The minimum Gasteiger partial charge on any atom is -0.454 e. The number of para-hydroxylation sites is 1. The number of ether oxygens (including phenoxy) is 2. The topological polar surface area (TPSA) is 72.7 Å². The summed E-state index contributed by atoms with van der Waals surface area (Å²) in [7, 11) is 0. The van der Waals surface area contributed by atoms with Crippen molar-refractivity contribution >= 4 is 29.9 Å². The van der Waals surface area contributed by atoms with Gasteiger partial charge in [-0.2, -0.15) is 5.10 Å². The van der Waals surface area contributed by atoms with Crippen LogP contribution in [-0.4, -0.2) is 29.1 Å². The first-order valence-corrected chi connectivity index (χ1v) is 10.2. The number of hydrogen-bond acceptors (Lipinski definition) is 4. The van der Waals surface area contributed by atoms with Gasteiger partial charge >= 0.3 is 0 Å². The molecule has 0 spiro atoms. The molecular weight excluding hydrogens is 505 g/mol. The van der Waals surface area contributed by atoms with Crippen LogP contribution in [0.1, 0.15) is 29.4 Å². The Morgan fingerprint density at radius 2 is 1.84 bits per heavy atom. The number of rotatable bonds is 6. The second-order valence-corrected chi connectivity index (χ2v) is 7.13. The molecule has 2 aromatic carbocycles. The van der Waals surface area contributed by atoms with Crippen LogP contribution >= 0.6 is 24.0 Å². The van der Waals surface area contributed by atoms with Crippen LogP contribution in [0.2, 0.25) is 0 Å². The third-order valence-electron chi connectivity index (χ3n) is 5.08. The van der Waals surface area contributed by atoms with E-state index in [2.05, 4.69) is 36.6 Å². The average Bonchev–Trinajstić information content (AvgIpc) is 3.34. The van der Waals surface area contributed by atoms with E-state index in [-0.39, 0.29) is 30.8 Å². The van der Waals surface area contributed by atoms with Gasteiger partial charge in [-0.1, -0.05) is 24.3 Å². The molecule has 3 aromatic rings. The van der Waals surface area contributed by atoms with Gasteiger partial charge in [0.05, 0.1) is 17.9 Å². The average molecular weight is 533 g/mol. The van der Waals surface area contributed by atoms with Gasteiger partial charge < -0.3 is 20.1 Å². The number of benzene rings is 2. The predicted octanol–water partition coefficient (Wildman–Crippen LogP) is 4.09. The van der Waals surface area contributed by atoms with Crippen LogP contribution in [0.15, 0.2) is 53.5 Å². The molecule has 31 heavy (non-hydrogen) atoms. The Morgan fingerprint density at radius 1 is 1.06 bits per heavy atom. The maximum Gasteiger partial charge on any atom is 0.231 e. The number of aliphatic imine (C=N–C) groups is 1. The SMILES string of the molecule is CCNC(=NCc1ccc2c(c1)OCO2)NCc1c(C)nn(-c2ccccc2)c1C.I. The molecule has 0 aliphatic carbocycles. The molecule has 1 aromatic heterocycles. The molecule has 8 heteroatoms. The lowest BCUT2D eigenvalue weighted by Gasteiger charge is -2.12. The van der Waals surface area contributed by atoms with Crippen molar-refractivity contribution in [1.82, 2.24) is 20.4 Å². The van der Waals surface area contributed by atoms with Crippen LogP contribution in [0, 0.1) is 13.8 Å². The van der Waals surface area contributed by atoms with E-state index in [1.54, 1.807) is 0 Å². The van der Waals surface area contributed by atoms with Crippen LogP contribution in [-0.2, 0) is 13.1 Å². The van der Waals surface area contributed by atoms with E-state index in [1.807, 2.05) is 48.0 Å². The van der Waals surface area contributed by atoms with Gasteiger partial charge in [0.2, 0.25) is 6.79 Å². The molecule has 0 fully saturated rings. The van der Waals surface area contributed by atoms with E-state index in [1.165, 1.54) is 5.56 Å². The van der Waals surface area contributed by atoms with Crippen LogP contribution in [0.4, 0.5) is 0 Å². The highest BCUT2D eigenvalue weighted by Crippen LogP contribution is 2.32. The lowest BCUT2D eigenvalue weighted by Crippen LogP contribution is -2.37. The molecule has 0 atom stereocenters. The summed E-state index contributed by atoms with van der Waals surface area (Å²) in [6, 6.07) is 16.1. The molecule has 164 valence electrons. The summed E-state index contributed by atoms with van der Waals surface area (Å²) in [5, 5.41) is 11.5. The van der Waals surface area contributed by atoms with E-state index in [0.29, 0.717) is 13.1 Å². The number of fused-ring (bicyclic) bond motifs is 1. The van der Waals surface area contributed by atoms with Crippen LogP contribution < -0.4 is 20.1 Å². The zero-order chi connectivity index (χ0) is 20.9. The fraction of sp³-hybridized carbons (Fsp3) is 0.304. The summed E-state index contributed by atoms with van der Waals surface area (Å²) >= 11 is 0. The number of halogens is 1. The van der Waals surface area contributed by atoms with Crippen LogP contribution in [0.25, 0.3) is 5.69 Å². The molecule has 0 saturated carbocycles. The zero-order valence-electron chi connectivity index (χ0n) is 18.0. The quantitative estimate of drug-likeness (QED) is 0.284. The number of guanidine groups is 1. The summed E-state index contributed by atoms with van der Waals surface area (Å²) < 4.78 is 12.8. The van der Waals surface area contributed by atoms with E-state index in [0.717, 1.165) is 46.6 Å². The van der Waals surface area contributed by atoms with Crippen molar-refractivity contribution in [2.75, 3.05) is 13.3 Å². The third-order valence-corrected chi connectivity index (χ3v) is 5.08. The highest BCUT2D eigenvalue weighted by molar-refractivity contribution is 14.0. The van der Waals surface area contributed by atoms with Crippen molar-refractivity contribution in [3.63, 3.8) is 0 Å². The van der Waals surface area contributed by atoms with Crippen molar-refractivity contribution in [2.45, 2.75) is 33.9 Å². The van der Waals surface area contributed by atoms with Crippen molar-refractivity contribution in [1.29, 1.82) is 0 Å². The fourth-order valence-corrected chi connectivity index (χ4v) is 3.47. The number of aromatic nitrogens is 2. The lowest BCUT2D eigenvalue weighted by molar-refractivity contribution is 0.174. The van der Waals surface area contributed by atoms with Crippen molar-refractivity contribution in [2.24, 2.45) is 4.99 Å². The molecule has 0 bridgehead atoms. The Kier molecular flexibility index (Phi) is 7.78. The van der Waals surface area contributed by atoms with Gasteiger partial charge in [-0.15, -0.1) is 24.0 Å². The molecule has 1 aliphatic heterocycles. The Labute approximate surface area is 199 Å². The monoisotopic (exact) mass is 533 g/mol. The number of aryl methyl sites for hydroxylation is 1. The zero-order valence-corrected chi connectivity index (χ0v) is 20.3. The molecular formula is C23H28IN5O2. The maximum atomic E-state index is 5.45. The summed E-state index contributed by atoms with van der Waals surface area (Å²) in [4.78, 5) is 4.72. The van der Waals surface area contributed by atoms with Gasteiger partial charge in [0.1, 0.15) is 0 Å². The van der Waals surface area contributed by atoms with Gasteiger partial charge in [-0.05, 0) is 50.6 Å². The highest BCUT2D eigenvalue weighted by atomic mass is 127. The second-order valence-electron chi connectivity index (χ2n) is 7.13. The van der Waals surface area contributed by atoms with E-state index < -0.39 is 0 Å². The minimum atomic E-state index is 0. The minimum absolute atomic E-state index is 0. The molecule has 7 nitrogen and oxygen atoms in total. The van der Waals surface area contributed by atoms with Crippen LogP contribution in [0.3, 0.4) is 0 Å². The second kappa shape index (κ2) is 10.5. The van der Waals surface area contributed by atoms with E-state index in [4.69, 9.17) is 19.6 Å². The molecule has 0 radical (unpaired) electrons. The van der Waals surface area contributed by atoms with E-state index >= 15 is 0 Å². The maximum absolute atomic E-state index is 5.45. The van der Waals surface area contributed by atoms with Gasteiger partial charge in [-0.3, -0.25) is 0 Å². The largest absolute Gasteiger partial charge is 0.454 e. The standard InChI is InChI=1S/C23H27N5O2.HI/c1-4-24-23(25-13-18-10-11-21-22(12-18)30-15-29-21)26-14-20-16(2)27-28(17(20)3)19-8-6-5-7-9-19;/h5-12H,4,13-15H2,1-3H3,(H2,24,25,26);1H. The molecule has 2 N–H and O–H groups in total. The highest BCUT2D eigenvalue weighted by Gasteiger charge is 2.14. The summed E-state index contributed by atoms with van der Waals surface area (Å²) in [5.74, 6) is 2.33. The molecule has 0 amide bonds. The summed E-state index contributed by atoms with van der Waals surface area (Å²) in [6.07, 6.45) is 0. The molecule has 2 heterocycles. The van der Waals surface area contributed by atoms with Crippen LogP contribution in [0.5, 0.6) is 11.5 Å². The van der Waals surface area contributed by atoms with Crippen molar-refractivity contribution in [3.05, 3.63) is 71.0 Å². The molecule has 0 unspecified atom stereocenters. The van der Waals surface area contributed by atoms with Crippen molar-refractivity contribution in [3.8, 4) is 17.2 Å². The molecule has 4 rings (SSSR count). The predicted molar refractivity (Wildman–Crippen MR) is 133 cm³/mol. The van der Waals surface area contributed by atoms with Gasteiger partial charge in [0, 0.05) is 24.3 Å². The third kappa shape index (κ3) is 5.30. The number of hydrogen-bond donors (Lipinski definition) is 2. The number of nitrogens with zero attached hydrogens (tertiary/aromatic N) is 3. The first-order chi connectivity index (χ1) is 14.7. The Morgan fingerprint density at radius 3 is 2.61 bits per heavy atom. The normalized spacial score (nSPS) is 12.4. The first kappa shape index (κ1) is 22.9. The van der Waals surface area contributed by atoms with Gasteiger partial charge in [-0.25, -0.2) is 9.67 Å².